The van der Waals surface area contributed by atoms with Crippen LogP contribution in [0.25, 0.3) is 0 Å². The van der Waals surface area contributed by atoms with Crippen LogP contribution in [-0.4, -0.2) is 41.0 Å². The topological polar surface area (TPSA) is 69.6 Å². The number of nitrogens with one attached hydrogen (secondary N) is 1. The zero-order valence-electron chi connectivity index (χ0n) is 12.5. The summed E-state index contributed by atoms with van der Waals surface area (Å²) in [5, 5.41) is 11.2. The lowest BCUT2D eigenvalue weighted by atomic mass is 10.0. The minimum absolute atomic E-state index is 0.242. The molecule has 0 saturated heterocycles. The van der Waals surface area contributed by atoms with E-state index in [9.17, 15) is 9.59 Å². The summed E-state index contributed by atoms with van der Waals surface area (Å²) >= 11 is 0. The van der Waals surface area contributed by atoms with Crippen molar-refractivity contribution in [1.82, 2.24) is 10.2 Å². The third kappa shape index (κ3) is 6.12. The summed E-state index contributed by atoms with van der Waals surface area (Å²) < 4.78 is 0. The van der Waals surface area contributed by atoms with Crippen LogP contribution in [0.15, 0.2) is 42.6 Å². The van der Waals surface area contributed by atoms with Gasteiger partial charge < -0.3 is 15.3 Å². The highest BCUT2D eigenvalue weighted by Crippen LogP contribution is 2.05. The highest BCUT2D eigenvalue weighted by molar-refractivity contribution is 5.96. The van der Waals surface area contributed by atoms with Gasteiger partial charge in [-0.1, -0.05) is 30.3 Å². The van der Waals surface area contributed by atoms with Crippen LogP contribution in [0, 0.1) is 0 Å². The van der Waals surface area contributed by atoms with Gasteiger partial charge in [-0.3, -0.25) is 4.79 Å². The van der Waals surface area contributed by atoms with Crippen molar-refractivity contribution < 1.29 is 14.7 Å². The third-order valence-electron chi connectivity index (χ3n) is 3.19. The first-order chi connectivity index (χ1) is 10.1. The number of carbonyl (C=O) groups excluding carboxylic acids is 1. The molecular formula is C16H22N2O3. The first-order valence-corrected chi connectivity index (χ1v) is 7.06. The molecule has 0 aromatic heterocycles. The molecule has 1 aromatic rings. The Bertz CT molecular complexity index is 482. The molecule has 0 fully saturated rings. The Morgan fingerprint density at radius 1 is 1.24 bits per heavy atom. The molecule has 5 heteroatoms. The van der Waals surface area contributed by atoms with Gasteiger partial charge >= 0.3 is 6.09 Å². The van der Waals surface area contributed by atoms with Gasteiger partial charge in [-0.2, -0.15) is 0 Å². The Morgan fingerprint density at radius 3 is 2.38 bits per heavy atom. The number of hydrogen-bond acceptors (Lipinski definition) is 3. The molecule has 0 bridgehead atoms. The largest absolute Gasteiger partial charge is 0.465 e. The fourth-order valence-electron chi connectivity index (χ4n) is 1.95. The van der Waals surface area contributed by atoms with Crippen molar-refractivity contribution >= 4 is 11.9 Å². The van der Waals surface area contributed by atoms with Crippen LogP contribution in [0.4, 0.5) is 4.79 Å². The quantitative estimate of drug-likeness (QED) is 0.721. The van der Waals surface area contributed by atoms with E-state index in [2.05, 4.69) is 5.32 Å². The predicted molar refractivity (Wildman–Crippen MR) is 82.2 cm³/mol. The van der Waals surface area contributed by atoms with Gasteiger partial charge in [0.25, 0.3) is 0 Å². The minimum Gasteiger partial charge on any atom is -0.465 e. The molecule has 1 atom stereocenters. The molecule has 0 saturated carbocycles. The standard InChI is InChI=1S/C16H22N2O3/c1-3-18(4-2)11-10-15(19)14(17-16(20)21)12-13-8-6-5-7-9-13/h5-11,14,17H,3-4,12H2,1-2H3,(H,20,21)/b11-10+. The van der Waals surface area contributed by atoms with Crippen molar-refractivity contribution in [2.24, 2.45) is 0 Å². The molecule has 0 aliphatic heterocycles. The van der Waals surface area contributed by atoms with E-state index in [1.165, 1.54) is 6.08 Å². The van der Waals surface area contributed by atoms with E-state index >= 15 is 0 Å². The summed E-state index contributed by atoms with van der Waals surface area (Å²) in [5.74, 6) is -0.242. The molecule has 1 amide bonds. The number of rotatable bonds is 8. The van der Waals surface area contributed by atoms with E-state index < -0.39 is 12.1 Å². The summed E-state index contributed by atoms with van der Waals surface area (Å²) in [6.45, 7) is 5.59. The molecule has 1 rings (SSSR count). The van der Waals surface area contributed by atoms with Crippen LogP contribution in [0.3, 0.4) is 0 Å². The van der Waals surface area contributed by atoms with E-state index in [0.29, 0.717) is 6.42 Å². The second-order valence-corrected chi connectivity index (χ2v) is 4.63. The van der Waals surface area contributed by atoms with E-state index in [1.807, 2.05) is 49.1 Å². The zero-order chi connectivity index (χ0) is 15.7. The lowest BCUT2D eigenvalue weighted by molar-refractivity contribution is -0.116. The van der Waals surface area contributed by atoms with Crippen molar-refractivity contribution in [2.45, 2.75) is 26.3 Å². The van der Waals surface area contributed by atoms with Gasteiger partial charge in [0.15, 0.2) is 5.78 Å². The second kappa shape index (κ2) is 8.79. The van der Waals surface area contributed by atoms with Gasteiger partial charge in [0.05, 0.1) is 6.04 Å². The van der Waals surface area contributed by atoms with Crippen molar-refractivity contribution in [3.05, 3.63) is 48.2 Å². The average Bonchev–Trinajstić information content (AvgIpc) is 2.48. The molecule has 21 heavy (non-hydrogen) atoms. The number of ketones is 1. The maximum Gasteiger partial charge on any atom is 0.405 e. The fourth-order valence-corrected chi connectivity index (χ4v) is 1.95. The normalized spacial score (nSPS) is 12.1. The molecule has 114 valence electrons. The van der Waals surface area contributed by atoms with E-state index in [0.717, 1.165) is 18.7 Å². The van der Waals surface area contributed by atoms with Gasteiger partial charge in [0.1, 0.15) is 0 Å². The first-order valence-electron chi connectivity index (χ1n) is 7.06. The third-order valence-corrected chi connectivity index (χ3v) is 3.19. The van der Waals surface area contributed by atoms with Crippen molar-refractivity contribution in [2.75, 3.05) is 13.1 Å². The van der Waals surface area contributed by atoms with Gasteiger partial charge in [-0.15, -0.1) is 0 Å². The molecule has 1 aromatic carbocycles. The van der Waals surface area contributed by atoms with Crippen molar-refractivity contribution in [1.29, 1.82) is 0 Å². The molecule has 0 aliphatic rings. The van der Waals surface area contributed by atoms with Crippen molar-refractivity contribution in [3.63, 3.8) is 0 Å². The monoisotopic (exact) mass is 290 g/mol. The van der Waals surface area contributed by atoms with E-state index in [-0.39, 0.29) is 5.78 Å². The lowest BCUT2D eigenvalue weighted by Crippen LogP contribution is -2.41. The van der Waals surface area contributed by atoms with Crippen LogP contribution in [0.1, 0.15) is 19.4 Å². The Hall–Kier alpha value is -2.30. The first kappa shape index (κ1) is 16.8. The van der Waals surface area contributed by atoms with E-state index in [1.54, 1.807) is 6.20 Å². The summed E-state index contributed by atoms with van der Waals surface area (Å²) in [4.78, 5) is 25.0. The summed E-state index contributed by atoms with van der Waals surface area (Å²) in [6, 6.07) is 8.59. The number of carboxylic acid groups (broad SMARTS) is 1. The smallest absolute Gasteiger partial charge is 0.405 e. The van der Waals surface area contributed by atoms with Gasteiger partial charge in [-0.25, -0.2) is 4.79 Å². The molecule has 0 spiro atoms. The summed E-state index contributed by atoms with van der Waals surface area (Å²) in [5.41, 5.74) is 0.917. The van der Waals surface area contributed by atoms with Crippen LogP contribution in [0.5, 0.6) is 0 Å². The molecular weight excluding hydrogens is 268 g/mol. The molecule has 0 aliphatic carbocycles. The SMILES string of the molecule is CCN(/C=C/C(=O)C(Cc1ccccc1)NC(=O)O)CC. The second-order valence-electron chi connectivity index (χ2n) is 4.63. The summed E-state index contributed by atoms with van der Waals surface area (Å²) in [7, 11) is 0. The predicted octanol–water partition coefficient (Wildman–Crippen LogP) is 2.29. The fraction of sp³-hybridized carbons (Fsp3) is 0.375. The number of nitrogens with zero attached hydrogens (tertiary/aromatic N) is 1. The Morgan fingerprint density at radius 2 is 1.86 bits per heavy atom. The van der Waals surface area contributed by atoms with E-state index in [4.69, 9.17) is 5.11 Å². The highest BCUT2D eigenvalue weighted by atomic mass is 16.4. The lowest BCUT2D eigenvalue weighted by Gasteiger charge is -2.17. The number of amides is 1. The Kier molecular flexibility index (Phi) is 7.01. The Balaban J connectivity index is 2.77. The molecule has 0 radical (unpaired) electrons. The van der Waals surface area contributed by atoms with Crippen LogP contribution in [0.2, 0.25) is 0 Å². The average molecular weight is 290 g/mol. The Labute approximate surface area is 125 Å². The number of hydrogen-bond donors (Lipinski definition) is 2. The molecule has 0 heterocycles. The zero-order valence-corrected chi connectivity index (χ0v) is 12.5. The van der Waals surface area contributed by atoms with Gasteiger partial charge in [0.2, 0.25) is 0 Å². The number of benzene rings is 1. The summed E-state index contributed by atoms with van der Waals surface area (Å²) in [6.07, 6.45) is 2.30. The van der Waals surface area contributed by atoms with Crippen molar-refractivity contribution in [3.8, 4) is 0 Å². The van der Waals surface area contributed by atoms with Gasteiger partial charge in [0, 0.05) is 25.7 Å². The van der Waals surface area contributed by atoms with Crippen LogP contribution >= 0.6 is 0 Å². The van der Waals surface area contributed by atoms with Gasteiger partial charge in [-0.05, 0) is 25.5 Å². The molecule has 2 N–H and O–H groups in total. The van der Waals surface area contributed by atoms with Crippen LogP contribution in [-0.2, 0) is 11.2 Å². The minimum atomic E-state index is -1.19. The maximum absolute atomic E-state index is 12.2. The maximum atomic E-state index is 12.2. The molecule has 5 nitrogen and oxygen atoms in total. The van der Waals surface area contributed by atoms with Crippen LogP contribution < -0.4 is 5.32 Å². The molecule has 1 unspecified atom stereocenters. The number of carbonyl (C=O) groups is 2. The highest BCUT2D eigenvalue weighted by Gasteiger charge is 2.18.